The highest BCUT2D eigenvalue weighted by molar-refractivity contribution is 6.32. The van der Waals surface area contributed by atoms with Gasteiger partial charge in [0.2, 0.25) is 0 Å². The van der Waals surface area contributed by atoms with Crippen LogP contribution in [-0.2, 0) is 0 Å². The molecule has 1 N–H and O–H groups in total. The molecule has 2 aromatic rings. The molecule has 0 amide bonds. The summed E-state index contributed by atoms with van der Waals surface area (Å²) in [6.45, 7) is 0. The van der Waals surface area contributed by atoms with Crippen LogP contribution in [-0.4, -0.2) is 26.3 Å². The van der Waals surface area contributed by atoms with Crippen molar-refractivity contribution >= 4 is 17.3 Å². The van der Waals surface area contributed by atoms with Crippen LogP contribution in [0.3, 0.4) is 0 Å². The van der Waals surface area contributed by atoms with E-state index in [1.165, 1.54) is 0 Å². The third kappa shape index (κ3) is 3.06. The third-order valence-corrected chi connectivity index (χ3v) is 3.51. The summed E-state index contributed by atoms with van der Waals surface area (Å²) < 4.78 is 5.18. The number of anilines is 1. The van der Waals surface area contributed by atoms with Gasteiger partial charge in [-0.3, -0.25) is 0 Å². The van der Waals surface area contributed by atoms with Crippen molar-refractivity contribution in [3.63, 3.8) is 0 Å². The van der Waals surface area contributed by atoms with Crippen molar-refractivity contribution < 1.29 is 9.84 Å². The summed E-state index contributed by atoms with van der Waals surface area (Å²) in [6, 6.07) is 13.1. The Hall–Kier alpha value is -1.71. The molecule has 0 saturated heterocycles. The minimum Gasteiger partial charge on any atom is -0.495 e. The zero-order valence-corrected chi connectivity index (χ0v) is 12.6. The lowest BCUT2D eigenvalue weighted by atomic mass is 10.0. The standard InChI is InChI=1S/C16H18ClNO2/c1-18(2)13-6-4-5-11(9-13)16(19)12-7-8-14(17)15(10-12)20-3/h4-10,16,19H,1-3H3. The summed E-state index contributed by atoms with van der Waals surface area (Å²) in [5.41, 5.74) is 2.63. The summed E-state index contributed by atoms with van der Waals surface area (Å²) >= 11 is 6.00. The van der Waals surface area contributed by atoms with Crippen LogP contribution in [0.1, 0.15) is 17.2 Å². The highest BCUT2D eigenvalue weighted by Crippen LogP contribution is 2.31. The maximum absolute atomic E-state index is 10.5. The molecule has 0 radical (unpaired) electrons. The molecule has 2 aromatic carbocycles. The second kappa shape index (κ2) is 6.16. The number of hydrogen-bond acceptors (Lipinski definition) is 3. The van der Waals surface area contributed by atoms with Gasteiger partial charge in [0.15, 0.2) is 0 Å². The summed E-state index contributed by atoms with van der Waals surface area (Å²) in [4.78, 5) is 2.00. The van der Waals surface area contributed by atoms with Gasteiger partial charge in [0.1, 0.15) is 11.9 Å². The quantitative estimate of drug-likeness (QED) is 0.936. The maximum Gasteiger partial charge on any atom is 0.137 e. The number of halogens is 1. The third-order valence-electron chi connectivity index (χ3n) is 3.19. The van der Waals surface area contributed by atoms with Crippen molar-refractivity contribution in [1.29, 1.82) is 0 Å². The molecule has 0 spiro atoms. The Bertz CT molecular complexity index is 599. The fourth-order valence-electron chi connectivity index (χ4n) is 2.01. The van der Waals surface area contributed by atoms with Gasteiger partial charge >= 0.3 is 0 Å². The molecule has 0 bridgehead atoms. The van der Waals surface area contributed by atoms with Gasteiger partial charge in [0.25, 0.3) is 0 Å². The minimum atomic E-state index is -0.707. The van der Waals surface area contributed by atoms with E-state index in [9.17, 15) is 5.11 Å². The van der Waals surface area contributed by atoms with Crippen LogP contribution in [0.2, 0.25) is 5.02 Å². The highest BCUT2D eigenvalue weighted by atomic mass is 35.5. The molecule has 3 nitrogen and oxygen atoms in total. The van der Waals surface area contributed by atoms with E-state index in [4.69, 9.17) is 16.3 Å². The first-order valence-corrected chi connectivity index (χ1v) is 6.69. The monoisotopic (exact) mass is 291 g/mol. The fraction of sp³-hybridized carbons (Fsp3) is 0.250. The summed E-state index contributed by atoms with van der Waals surface area (Å²) in [5, 5.41) is 11.0. The van der Waals surface area contributed by atoms with Gasteiger partial charge in [-0.05, 0) is 35.4 Å². The first-order valence-electron chi connectivity index (χ1n) is 6.31. The molecular weight excluding hydrogens is 274 g/mol. The summed E-state index contributed by atoms with van der Waals surface area (Å²) in [5.74, 6) is 0.562. The van der Waals surface area contributed by atoms with Gasteiger partial charge in [0.05, 0.1) is 12.1 Å². The second-order valence-electron chi connectivity index (χ2n) is 4.79. The number of methoxy groups -OCH3 is 1. The predicted octanol–water partition coefficient (Wildman–Crippen LogP) is 3.50. The van der Waals surface area contributed by atoms with Crippen LogP contribution in [0.4, 0.5) is 5.69 Å². The SMILES string of the molecule is COc1cc(C(O)c2cccc(N(C)C)c2)ccc1Cl. The lowest BCUT2D eigenvalue weighted by molar-refractivity contribution is 0.220. The van der Waals surface area contributed by atoms with Gasteiger partial charge in [-0.25, -0.2) is 0 Å². The number of aliphatic hydroxyl groups is 1. The Morgan fingerprint density at radius 2 is 1.80 bits per heavy atom. The minimum absolute atomic E-state index is 0.533. The van der Waals surface area contributed by atoms with Gasteiger partial charge in [0, 0.05) is 19.8 Å². The van der Waals surface area contributed by atoms with Gasteiger partial charge in [-0.15, -0.1) is 0 Å². The van der Waals surface area contributed by atoms with Gasteiger partial charge in [-0.2, -0.15) is 0 Å². The Balaban J connectivity index is 2.35. The Labute approximate surface area is 124 Å². The number of benzene rings is 2. The lowest BCUT2D eigenvalue weighted by Crippen LogP contribution is -2.09. The van der Waals surface area contributed by atoms with Crippen molar-refractivity contribution in [2.45, 2.75) is 6.10 Å². The largest absolute Gasteiger partial charge is 0.495 e. The number of ether oxygens (including phenoxy) is 1. The molecule has 20 heavy (non-hydrogen) atoms. The highest BCUT2D eigenvalue weighted by Gasteiger charge is 2.13. The van der Waals surface area contributed by atoms with E-state index in [0.29, 0.717) is 10.8 Å². The zero-order chi connectivity index (χ0) is 14.7. The van der Waals surface area contributed by atoms with Crippen molar-refractivity contribution in [2.75, 3.05) is 26.1 Å². The van der Waals surface area contributed by atoms with Crippen LogP contribution in [0.25, 0.3) is 0 Å². The molecule has 1 atom stereocenters. The molecule has 1 unspecified atom stereocenters. The van der Waals surface area contributed by atoms with Crippen LogP contribution in [0.15, 0.2) is 42.5 Å². The molecule has 0 aromatic heterocycles. The van der Waals surface area contributed by atoms with E-state index in [2.05, 4.69) is 0 Å². The van der Waals surface area contributed by atoms with Crippen LogP contribution in [0, 0.1) is 0 Å². The van der Waals surface area contributed by atoms with Crippen LogP contribution < -0.4 is 9.64 Å². The molecular formula is C16H18ClNO2. The topological polar surface area (TPSA) is 32.7 Å². The van der Waals surface area contributed by atoms with Crippen molar-refractivity contribution in [1.82, 2.24) is 0 Å². The number of hydrogen-bond donors (Lipinski definition) is 1. The molecule has 106 valence electrons. The van der Waals surface area contributed by atoms with Gasteiger partial charge in [-0.1, -0.05) is 29.8 Å². The van der Waals surface area contributed by atoms with E-state index >= 15 is 0 Å². The predicted molar refractivity (Wildman–Crippen MR) is 82.8 cm³/mol. The smallest absolute Gasteiger partial charge is 0.137 e. The normalized spacial score (nSPS) is 12.1. The zero-order valence-electron chi connectivity index (χ0n) is 11.8. The molecule has 0 aliphatic rings. The average molecular weight is 292 g/mol. The van der Waals surface area contributed by atoms with Crippen molar-refractivity contribution in [3.05, 3.63) is 58.6 Å². The van der Waals surface area contributed by atoms with E-state index in [1.807, 2.05) is 43.3 Å². The Morgan fingerprint density at radius 1 is 1.10 bits per heavy atom. The van der Waals surface area contributed by atoms with E-state index in [-0.39, 0.29) is 0 Å². The second-order valence-corrected chi connectivity index (χ2v) is 5.19. The molecule has 4 heteroatoms. The maximum atomic E-state index is 10.5. The van der Waals surface area contributed by atoms with E-state index in [1.54, 1.807) is 25.3 Å². The van der Waals surface area contributed by atoms with Crippen molar-refractivity contribution in [2.24, 2.45) is 0 Å². The number of rotatable bonds is 4. The lowest BCUT2D eigenvalue weighted by Gasteiger charge is -2.17. The molecule has 0 aliphatic carbocycles. The van der Waals surface area contributed by atoms with E-state index < -0.39 is 6.10 Å². The summed E-state index contributed by atoms with van der Waals surface area (Å²) in [7, 11) is 5.50. The summed E-state index contributed by atoms with van der Waals surface area (Å²) in [6.07, 6.45) is -0.707. The molecule has 0 fully saturated rings. The Kier molecular flexibility index (Phi) is 4.53. The number of aliphatic hydroxyl groups excluding tert-OH is 1. The first-order chi connectivity index (χ1) is 9.52. The van der Waals surface area contributed by atoms with Gasteiger partial charge < -0.3 is 14.7 Å². The van der Waals surface area contributed by atoms with Crippen LogP contribution in [0.5, 0.6) is 5.75 Å². The van der Waals surface area contributed by atoms with Crippen molar-refractivity contribution in [3.8, 4) is 5.75 Å². The average Bonchev–Trinajstić information content (AvgIpc) is 2.47. The van der Waals surface area contributed by atoms with E-state index in [0.717, 1.165) is 16.8 Å². The molecule has 0 heterocycles. The molecule has 0 aliphatic heterocycles. The van der Waals surface area contributed by atoms with Crippen LogP contribution >= 0.6 is 11.6 Å². The Morgan fingerprint density at radius 3 is 2.45 bits per heavy atom. The fourth-order valence-corrected chi connectivity index (χ4v) is 2.21. The first kappa shape index (κ1) is 14.7. The molecule has 0 saturated carbocycles. The molecule has 2 rings (SSSR count). The number of nitrogens with zero attached hydrogens (tertiary/aromatic N) is 1.